The standard InChI is InChI=1S/C13H11N7O5/c1-6(21)24-5-7-2-3-9(25-7)19-12(22)11-10(16-18-19)8(4-14)17-20(11)13(15)23/h2-3,7,9H,5H2,1H3,(H2,15,23). The summed E-state index contributed by atoms with van der Waals surface area (Å²) in [6.45, 7) is 1.24. The zero-order chi connectivity index (χ0) is 18.1. The predicted molar refractivity (Wildman–Crippen MR) is 78.4 cm³/mol. The Balaban J connectivity index is 1.96. The van der Waals surface area contributed by atoms with Gasteiger partial charge >= 0.3 is 12.0 Å². The van der Waals surface area contributed by atoms with Gasteiger partial charge in [0.25, 0.3) is 5.56 Å². The molecule has 25 heavy (non-hydrogen) atoms. The van der Waals surface area contributed by atoms with E-state index in [-0.39, 0.29) is 23.3 Å². The van der Waals surface area contributed by atoms with Crippen LogP contribution in [0.2, 0.25) is 0 Å². The molecule has 128 valence electrons. The second-order valence-corrected chi connectivity index (χ2v) is 5.00. The fourth-order valence-corrected chi connectivity index (χ4v) is 2.26. The van der Waals surface area contributed by atoms with Crippen molar-refractivity contribution >= 4 is 23.0 Å². The molecule has 1 amide bonds. The highest BCUT2D eigenvalue weighted by molar-refractivity contribution is 5.89. The Hall–Kier alpha value is -3.33. The molecule has 2 atom stereocenters. The van der Waals surface area contributed by atoms with E-state index in [4.69, 9.17) is 20.5 Å². The van der Waals surface area contributed by atoms with Crippen LogP contribution in [0.15, 0.2) is 4.79 Å². The highest BCUT2D eigenvalue weighted by Gasteiger charge is 2.31. The number of aromatic nitrogens is 5. The lowest BCUT2D eigenvalue weighted by molar-refractivity contribution is -0.145. The maximum Gasteiger partial charge on any atom is 0.340 e. The van der Waals surface area contributed by atoms with E-state index in [1.807, 2.05) is 0 Å². The summed E-state index contributed by atoms with van der Waals surface area (Å²) in [4.78, 5) is 34.9. The molecule has 0 saturated carbocycles. The summed E-state index contributed by atoms with van der Waals surface area (Å²) in [7, 11) is 0. The molecule has 2 aromatic rings. The molecule has 3 heterocycles. The van der Waals surface area contributed by atoms with E-state index in [1.165, 1.54) is 13.3 Å². The second-order valence-electron chi connectivity index (χ2n) is 5.00. The summed E-state index contributed by atoms with van der Waals surface area (Å²) in [6, 6.07) is 0.669. The molecular weight excluding hydrogens is 334 g/mol. The molecule has 1 aliphatic heterocycles. The van der Waals surface area contributed by atoms with Gasteiger partial charge in [-0.3, -0.25) is 9.59 Å². The van der Waals surface area contributed by atoms with Gasteiger partial charge in [-0.25, -0.2) is 4.79 Å². The first-order chi connectivity index (χ1) is 11.9. The minimum Gasteiger partial charge on any atom is -0.463 e. The van der Waals surface area contributed by atoms with E-state index < -0.39 is 29.9 Å². The molecular formula is C13H11N7O5. The monoisotopic (exact) mass is 345 g/mol. The molecule has 0 spiro atoms. The Labute approximate surface area is 139 Å². The van der Waals surface area contributed by atoms with Gasteiger partial charge in [0.05, 0.1) is 6.10 Å². The maximum absolute atomic E-state index is 12.6. The molecule has 0 aliphatic carbocycles. The molecule has 2 aromatic heterocycles. The molecule has 0 bridgehead atoms. The Morgan fingerprint density at radius 1 is 1.48 bits per heavy atom. The lowest BCUT2D eigenvalue weighted by Crippen LogP contribution is -2.32. The van der Waals surface area contributed by atoms with Crippen LogP contribution in [0.4, 0.5) is 4.79 Å². The molecule has 1 aliphatic rings. The van der Waals surface area contributed by atoms with Crippen LogP contribution in [-0.2, 0) is 14.3 Å². The number of fused-ring (bicyclic) bond motifs is 1. The first kappa shape index (κ1) is 16.5. The van der Waals surface area contributed by atoms with E-state index in [9.17, 15) is 14.4 Å². The average molecular weight is 345 g/mol. The maximum atomic E-state index is 12.6. The molecule has 0 aromatic carbocycles. The number of nitriles is 1. The Morgan fingerprint density at radius 3 is 2.88 bits per heavy atom. The summed E-state index contributed by atoms with van der Waals surface area (Å²) < 4.78 is 11.8. The number of hydrogen-bond acceptors (Lipinski definition) is 9. The van der Waals surface area contributed by atoms with Crippen LogP contribution in [0.5, 0.6) is 0 Å². The number of hydrogen-bond donors (Lipinski definition) is 1. The number of ether oxygens (including phenoxy) is 2. The van der Waals surface area contributed by atoms with Crippen molar-refractivity contribution in [3.05, 3.63) is 28.9 Å². The van der Waals surface area contributed by atoms with E-state index in [0.717, 1.165) is 4.68 Å². The largest absolute Gasteiger partial charge is 0.463 e. The van der Waals surface area contributed by atoms with E-state index in [2.05, 4.69) is 15.4 Å². The van der Waals surface area contributed by atoms with Gasteiger partial charge in [-0.1, -0.05) is 5.21 Å². The zero-order valence-corrected chi connectivity index (χ0v) is 12.8. The predicted octanol–water partition coefficient (Wildman–Crippen LogP) is -1.34. The highest BCUT2D eigenvalue weighted by atomic mass is 16.6. The smallest absolute Gasteiger partial charge is 0.340 e. The van der Waals surface area contributed by atoms with Gasteiger partial charge in [0.1, 0.15) is 12.7 Å². The second kappa shape index (κ2) is 6.29. The van der Waals surface area contributed by atoms with Gasteiger partial charge < -0.3 is 15.2 Å². The number of carbonyl (C=O) groups is 2. The summed E-state index contributed by atoms with van der Waals surface area (Å²) in [5.74, 6) is -0.465. The average Bonchev–Trinajstić information content (AvgIpc) is 3.17. The van der Waals surface area contributed by atoms with Gasteiger partial charge in [-0.05, 0) is 0 Å². The van der Waals surface area contributed by atoms with Crippen molar-refractivity contribution in [2.24, 2.45) is 5.73 Å². The third-order valence-corrected chi connectivity index (χ3v) is 3.32. The Bertz CT molecular complexity index is 956. The van der Waals surface area contributed by atoms with Crippen LogP contribution >= 0.6 is 0 Å². The van der Waals surface area contributed by atoms with Crippen LogP contribution in [0.1, 0.15) is 18.8 Å². The van der Waals surface area contributed by atoms with Crippen molar-refractivity contribution in [3.8, 4) is 6.07 Å². The van der Waals surface area contributed by atoms with Crippen molar-refractivity contribution in [1.82, 2.24) is 24.8 Å². The molecule has 2 unspecified atom stereocenters. The van der Waals surface area contributed by atoms with Gasteiger partial charge in [-0.2, -0.15) is 14.6 Å². The normalized spacial score (nSPS) is 19.7. The van der Waals surface area contributed by atoms with Crippen LogP contribution in [0.25, 0.3) is 11.0 Å². The molecule has 2 N–H and O–H groups in total. The first-order valence-electron chi connectivity index (χ1n) is 6.97. The van der Waals surface area contributed by atoms with E-state index >= 15 is 0 Å². The topological polar surface area (TPSA) is 168 Å². The molecule has 1 fully saturated rings. The van der Waals surface area contributed by atoms with E-state index in [1.54, 1.807) is 12.5 Å². The number of rotatable bonds is 3. The summed E-state index contributed by atoms with van der Waals surface area (Å²) in [5.41, 5.74) is 3.74. The Kier molecular flexibility index (Phi) is 4.15. The Morgan fingerprint density at radius 2 is 2.24 bits per heavy atom. The van der Waals surface area contributed by atoms with Crippen LogP contribution in [0, 0.1) is 24.2 Å². The molecule has 1 saturated heterocycles. The fourth-order valence-electron chi connectivity index (χ4n) is 2.26. The van der Waals surface area contributed by atoms with Crippen molar-refractivity contribution in [1.29, 1.82) is 5.26 Å². The summed E-state index contributed by atoms with van der Waals surface area (Å²) in [6.07, 6.45) is 1.63. The molecule has 12 nitrogen and oxygen atoms in total. The quantitative estimate of drug-likeness (QED) is 0.661. The van der Waals surface area contributed by atoms with Crippen molar-refractivity contribution in [2.45, 2.75) is 19.3 Å². The third kappa shape index (κ3) is 2.92. The lowest BCUT2D eigenvalue weighted by atomic mass is 10.2. The SMILES string of the molecule is CC(=O)OCC1[CH][CH]C(n2nnc3c(C#N)nn(C(N)=O)c3c2=O)O1. The number of primary amides is 1. The molecule has 3 rings (SSSR count). The van der Waals surface area contributed by atoms with Crippen LogP contribution < -0.4 is 11.3 Å². The number of nitrogens with zero attached hydrogens (tertiary/aromatic N) is 6. The van der Waals surface area contributed by atoms with Crippen molar-refractivity contribution in [2.75, 3.05) is 6.61 Å². The van der Waals surface area contributed by atoms with Crippen LogP contribution in [0.3, 0.4) is 0 Å². The number of carbonyl (C=O) groups excluding carboxylic acids is 2. The number of nitrogens with two attached hydrogens (primary N) is 1. The summed E-state index contributed by atoms with van der Waals surface area (Å²) in [5, 5.41) is 20.1. The zero-order valence-electron chi connectivity index (χ0n) is 12.8. The van der Waals surface area contributed by atoms with Gasteiger partial charge in [0.2, 0.25) is 0 Å². The van der Waals surface area contributed by atoms with Crippen molar-refractivity contribution < 1.29 is 19.1 Å². The molecule has 12 heteroatoms. The van der Waals surface area contributed by atoms with Gasteiger partial charge in [0.15, 0.2) is 23.0 Å². The fraction of sp³-hybridized carbons (Fsp3) is 0.308. The highest BCUT2D eigenvalue weighted by Crippen LogP contribution is 2.25. The first-order valence-corrected chi connectivity index (χ1v) is 6.97. The molecule has 2 radical (unpaired) electrons. The lowest BCUT2D eigenvalue weighted by Gasteiger charge is -2.14. The van der Waals surface area contributed by atoms with Gasteiger partial charge in [0, 0.05) is 19.8 Å². The number of amides is 1. The van der Waals surface area contributed by atoms with E-state index in [0.29, 0.717) is 4.68 Å². The van der Waals surface area contributed by atoms with Gasteiger partial charge in [-0.15, -0.1) is 10.2 Å². The third-order valence-electron chi connectivity index (χ3n) is 3.32. The minimum atomic E-state index is -1.04. The minimum absolute atomic E-state index is 0.0233. The van der Waals surface area contributed by atoms with Crippen molar-refractivity contribution in [3.63, 3.8) is 0 Å². The number of esters is 1. The summed E-state index contributed by atoms with van der Waals surface area (Å²) >= 11 is 0. The van der Waals surface area contributed by atoms with Crippen LogP contribution in [-0.4, -0.2) is 49.5 Å².